The molecular formula is C13H14Br2N4OS. The fourth-order valence-electron chi connectivity index (χ4n) is 2.32. The summed E-state index contributed by atoms with van der Waals surface area (Å²) in [4.78, 5) is 12.8. The Bertz CT molecular complexity index is 629. The highest BCUT2D eigenvalue weighted by molar-refractivity contribution is 9.13. The van der Waals surface area contributed by atoms with Gasteiger partial charge in [-0.3, -0.25) is 9.48 Å². The van der Waals surface area contributed by atoms with Gasteiger partial charge in [-0.2, -0.15) is 5.10 Å². The molecule has 2 aromatic heterocycles. The lowest BCUT2D eigenvalue weighted by Crippen LogP contribution is -2.29. The number of anilines is 1. The fourth-order valence-corrected chi connectivity index (χ4v) is 4.26. The monoisotopic (exact) mass is 432 g/mol. The molecule has 1 fully saturated rings. The largest absolute Gasteiger partial charge is 0.319 e. The van der Waals surface area contributed by atoms with E-state index in [1.807, 2.05) is 10.9 Å². The summed E-state index contributed by atoms with van der Waals surface area (Å²) in [6.45, 7) is 2.03. The van der Waals surface area contributed by atoms with Crippen LogP contribution in [0, 0.1) is 0 Å². The predicted octanol–water partition coefficient (Wildman–Crippen LogP) is 3.65. The Hall–Kier alpha value is -0.700. The first-order chi connectivity index (χ1) is 10.1. The van der Waals surface area contributed by atoms with Gasteiger partial charge >= 0.3 is 0 Å². The number of amides is 1. The number of carbonyl (C=O) groups is 1. The Balaban J connectivity index is 1.67. The van der Waals surface area contributed by atoms with Crippen LogP contribution in [-0.4, -0.2) is 28.8 Å². The van der Waals surface area contributed by atoms with Crippen molar-refractivity contribution in [3.63, 3.8) is 0 Å². The van der Waals surface area contributed by atoms with E-state index in [0.717, 1.165) is 39.9 Å². The molecule has 0 saturated carbocycles. The molecule has 3 heterocycles. The molecule has 2 aromatic rings. The van der Waals surface area contributed by atoms with Crippen molar-refractivity contribution >= 4 is 54.8 Å². The third-order valence-corrected chi connectivity index (χ3v) is 6.67. The van der Waals surface area contributed by atoms with E-state index < -0.39 is 0 Å². The SMILES string of the molecule is O=C(Nc1cnn(C2CCNCC2)c1)c1cc(Br)c(Br)s1. The van der Waals surface area contributed by atoms with E-state index in [1.165, 1.54) is 11.3 Å². The van der Waals surface area contributed by atoms with Crippen LogP contribution >= 0.6 is 43.2 Å². The van der Waals surface area contributed by atoms with Crippen LogP contribution in [0.4, 0.5) is 5.69 Å². The molecule has 2 N–H and O–H groups in total. The van der Waals surface area contributed by atoms with Crippen LogP contribution in [-0.2, 0) is 0 Å². The van der Waals surface area contributed by atoms with Crippen molar-refractivity contribution in [3.8, 4) is 0 Å². The third-order valence-electron chi connectivity index (χ3n) is 3.41. The van der Waals surface area contributed by atoms with E-state index in [-0.39, 0.29) is 5.91 Å². The van der Waals surface area contributed by atoms with Crippen LogP contribution in [0.5, 0.6) is 0 Å². The number of nitrogens with one attached hydrogen (secondary N) is 2. The maximum absolute atomic E-state index is 12.2. The van der Waals surface area contributed by atoms with E-state index in [0.29, 0.717) is 10.9 Å². The molecule has 0 spiro atoms. The van der Waals surface area contributed by atoms with Crippen molar-refractivity contribution in [1.82, 2.24) is 15.1 Å². The summed E-state index contributed by atoms with van der Waals surface area (Å²) in [6.07, 6.45) is 5.75. The minimum Gasteiger partial charge on any atom is -0.319 e. The van der Waals surface area contributed by atoms with E-state index in [4.69, 9.17) is 0 Å². The molecule has 0 atom stereocenters. The zero-order valence-electron chi connectivity index (χ0n) is 11.1. The van der Waals surface area contributed by atoms with Gasteiger partial charge in [-0.05, 0) is 63.9 Å². The fraction of sp³-hybridized carbons (Fsp3) is 0.385. The van der Waals surface area contributed by atoms with Crippen LogP contribution < -0.4 is 10.6 Å². The topological polar surface area (TPSA) is 59.0 Å². The lowest BCUT2D eigenvalue weighted by atomic mass is 10.1. The highest BCUT2D eigenvalue weighted by Crippen LogP contribution is 2.32. The molecule has 5 nitrogen and oxygen atoms in total. The van der Waals surface area contributed by atoms with Crippen LogP contribution in [0.2, 0.25) is 0 Å². The maximum atomic E-state index is 12.2. The summed E-state index contributed by atoms with van der Waals surface area (Å²) < 4.78 is 3.76. The van der Waals surface area contributed by atoms with Crippen LogP contribution in [0.15, 0.2) is 26.7 Å². The zero-order chi connectivity index (χ0) is 14.8. The van der Waals surface area contributed by atoms with E-state index in [1.54, 1.807) is 12.3 Å². The minimum absolute atomic E-state index is 0.115. The number of thiophene rings is 1. The Kier molecular flexibility index (Phi) is 4.78. The number of aromatic nitrogens is 2. The molecule has 0 unspecified atom stereocenters. The van der Waals surface area contributed by atoms with Crippen molar-refractivity contribution in [1.29, 1.82) is 0 Å². The third kappa shape index (κ3) is 3.56. The van der Waals surface area contributed by atoms with Gasteiger partial charge in [0.05, 0.1) is 26.6 Å². The molecule has 3 rings (SSSR count). The summed E-state index contributed by atoms with van der Waals surface area (Å²) in [5.41, 5.74) is 0.735. The van der Waals surface area contributed by atoms with Gasteiger partial charge in [0.25, 0.3) is 5.91 Å². The molecule has 0 aliphatic carbocycles. The first-order valence-electron chi connectivity index (χ1n) is 6.64. The first-order valence-corrected chi connectivity index (χ1v) is 9.05. The van der Waals surface area contributed by atoms with Crippen molar-refractivity contribution in [2.75, 3.05) is 18.4 Å². The van der Waals surface area contributed by atoms with E-state index in [2.05, 4.69) is 47.6 Å². The average Bonchev–Trinajstić information content (AvgIpc) is 3.08. The summed E-state index contributed by atoms with van der Waals surface area (Å²) >= 11 is 8.18. The van der Waals surface area contributed by atoms with Crippen LogP contribution in [0.25, 0.3) is 0 Å². The summed E-state index contributed by atoms with van der Waals surface area (Å²) in [6, 6.07) is 2.23. The molecule has 0 bridgehead atoms. The van der Waals surface area contributed by atoms with E-state index in [9.17, 15) is 4.79 Å². The van der Waals surface area contributed by atoms with Gasteiger partial charge in [-0.1, -0.05) is 0 Å². The van der Waals surface area contributed by atoms with Crippen LogP contribution in [0.1, 0.15) is 28.6 Å². The highest BCUT2D eigenvalue weighted by Gasteiger charge is 2.17. The molecule has 8 heteroatoms. The maximum Gasteiger partial charge on any atom is 0.265 e. The average molecular weight is 434 g/mol. The Labute approximate surface area is 143 Å². The van der Waals surface area contributed by atoms with Crippen molar-refractivity contribution in [3.05, 3.63) is 31.6 Å². The van der Waals surface area contributed by atoms with Crippen molar-refractivity contribution < 1.29 is 4.79 Å². The molecular weight excluding hydrogens is 420 g/mol. The molecule has 0 radical (unpaired) electrons. The Morgan fingerprint density at radius 2 is 2.19 bits per heavy atom. The molecule has 1 amide bonds. The number of halogens is 2. The van der Waals surface area contributed by atoms with Crippen molar-refractivity contribution in [2.45, 2.75) is 18.9 Å². The number of hydrogen-bond donors (Lipinski definition) is 2. The van der Waals surface area contributed by atoms with Gasteiger partial charge in [0.1, 0.15) is 0 Å². The molecule has 112 valence electrons. The number of rotatable bonds is 3. The smallest absolute Gasteiger partial charge is 0.265 e. The lowest BCUT2D eigenvalue weighted by molar-refractivity contribution is 0.103. The second-order valence-corrected chi connectivity index (χ2v) is 8.10. The summed E-state index contributed by atoms with van der Waals surface area (Å²) in [5.74, 6) is -0.115. The number of carbonyl (C=O) groups excluding carboxylic acids is 1. The quantitative estimate of drug-likeness (QED) is 0.776. The second kappa shape index (κ2) is 6.60. The Morgan fingerprint density at radius 3 is 2.86 bits per heavy atom. The van der Waals surface area contributed by atoms with Crippen LogP contribution in [0.3, 0.4) is 0 Å². The van der Waals surface area contributed by atoms with Crippen molar-refractivity contribution in [2.24, 2.45) is 0 Å². The van der Waals surface area contributed by atoms with Gasteiger partial charge in [0.15, 0.2) is 0 Å². The highest BCUT2D eigenvalue weighted by atomic mass is 79.9. The van der Waals surface area contributed by atoms with Gasteiger partial charge in [0.2, 0.25) is 0 Å². The lowest BCUT2D eigenvalue weighted by Gasteiger charge is -2.22. The van der Waals surface area contributed by atoms with Gasteiger partial charge < -0.3 is 10.6 Å². The van der Waals surface area contributed by atoms with E-state index >= 15 is 0 Å². The molecule has 0 aromatic carbocycles. The number of nitrogens with zero attached hydrogens (tertiary/aromatic N) is 2. The zero-order valence-corrected chi connectivity index (χ0v) is 15.1. The second-order valence-electron chi connectivity index (χ2n) is 4.88. The standard InChI is InChI=1S/C13H14Br2N4OS/c14-10-5-11(21-12(10)15)13(20)18-8-6-17-19(7-8)9-1-3-16-4-2-9/h5-7,9,16H,1-4H2,(H,18,20). The van der Waals surface area contributed by atoms with Gasteiger partial charge in [0, 0.05) is 10.7 Å². The predicted molar refractivity (Wildman–Crippen MR) is 91.0 cm³/mol. The number of piperidine rings is 1. The Morgan fingerprint density at radius 1 is 1.43 bits per heavy atom. The van der Waals surface area contributed by atoms with Gasteiger partial charge in [-0.15, -0.1) is 11.3 Å². The van der Waals surface area contributed by atoms with Gasteiger partial charge in [-0.25, -0.2) is 0 Å². The summed E-state index contributed by atoms with van der Waals surface area (Å²) in [5, 5.41) is 10.6. The number of hydrogen-bond acceptors (Lipinski definition) is 4. The molecule has 1 aliphatic rings. The first kappa shape index (κ1) is 15.2. The molecule has 21 heavy (non-hydrogen) atoms. The normalized spacial score (nSPS) is 16.1. The summed E-state index contributed by atoms with van der Waals surface area (Å²) in [7, 11) is 0. The minimum atomic E-state index is -0.115. The molecule has 1 saturated heterocycles. The molecule has 1 aliphatic heterocycles.